The Bertz CT molecular complexity index is 375. The molecular weight excluding hydrogens is 224 g/mol. The van der Waals surface area contributed by atoms with Crippen molar-refractivity contribution in [2.24, 2.45) is 0 Å². The summed E-state index contributed by atoms with van der Waals surface area (Å²) in [5.74, 6) is -0.359. The summed E-state index contributed by atoms with van der Waals surface area (Å²) in [6.45, 7) is 0.767. The molecule has 86 valence electrons. The van der Waals surface area contributed by atoms with Gasteiger partial charge >= 0.3 is 0 Å². The summed E-state index contributed by atoms with van der Waals surface area (Å²) < 4.78 is 0. The first-order chi connectivity index (χ1) is 7.75. The molecule has 2 rings (SSSR count). The lowest BCUT2D eigenvalue weighted by Gasteiger charge is -2.21. The summed E-state index contributed by atoms with van der Waals surface area (Å²) in [7, 11) is 0. The number of hydrogen-bond donors (Lipinski definition) is 2. The van der Waals surface area contributed by atoms with E-state index in [1.165, 1.54) is 5.56 Å². The number of carbonyl (C=O) groups excluding carboxylic acids is 2. The molecule has 1 fully saturated rings. The van der Waals surface area contributed by atoms with E-state index < -0.39 is 0 Å². The van der Waals surface area contributed by atoms with Crippen LogP contribution in [-0.4, -0.2) is 24.4 Å². The maximum atomic E-state index is 11.4. The zero-order valence-corrected chi connectivity index (χ0v) is 9.68. The van der Waals surface area contributed by atoms with E-state index in [0.717, 1.165) is 13.0 Å². The number of thiophene rings is 1. The third kappa shape index (κ3) is 2.90. The van der Waals surface area contributed by atoms with Gasteiger partial charge in [0.15, 0.2) is 0 Å². The van der Waals surface area contributed by atoms with Crippen molar-refractivity contribution in [2.75, 3.05) is 6.54 Å². The molecule has 0 aliphatic carbocycles. The first-order valence-electron chi connectivity index (χ1n) is 5.34. The van der Waals surface area contributed by atoms with E-state index in [4.69, 9.17) is 0 Å². The van der Waals surface area contributed by atoms with Crippen LogP contribution in [0, 0.1) is 0 Å². The Balaban J connectivity index is 1.74. The molecule has 0 bridgehead atoms. The number of amides is 2. The molecule has 1 atom stereocenters. The summed E-state index contributed by atoms with van der Waals surface area (Å²) in [6.07, 6.45) is 1.96. The van der Waals surface area contributed by atoms with E-state index in [1.54, 1.807) is 11.3 Å². The maximum absolute atomic E-state index is 11.4. The van der Waals surface area contributed by atoms with Gasteiger partial charge < -0.3 is 5.32 Å². The Morgan fingerprint density at radius 2 is 2.38 bits per heavy atom. The van der Waals surface area contributed by atoms with E-state index in [2.05, 4.69) is 22.1 Å². The van der Waals surface area contributed by atoms with Gasteiger partial charge in [0.25, 0.3) is 0 Å². The molecule has 2 heterocycles. The highest BCUT2D eigenvalue weighted by molar-refractivity contribution is 7.07. The Hall–Kier alpha value is -1.20. The van der Waals surface area contributed by atoms with Crippen LogP contribution in [0.2, 0.25) is 0 Å². The van der Waals surface area contributed by atoms with Crippen LogP contribution in [0.3, 0.4) is 0 Å². The van der Waals surface area contributed by atoms with Crippen LogP contribution in [0.1, 0.15) is 18.4 Å². The van der Waals surface area contributed by atoms with E-state index in [9.17, 15) is 9.59 Å². The number of imide groups is 1. The van der Waals surface area contributed by atoms with Gasteiger partial charge in [-0.2, -0.15) is 11.3 Å². The van der Waals surface area contributed by atoms with Gasteiger partial charge in [-0.3, -0.25) is 14.9 Å². The highest BCUT2D eigenvalue weighted by atomic mass is 32.1. The zero-order valence-electron chi connectivity index (χ0n) is 8.86. The second-order valence-electron chi connectivity index (χ2n) is 3.84. The first-order valence-corrected chi connectivity index (χ1v) is 6.28. The van der Waals surface area contributed by atoms with Crippen molar-refractivity contribution in [3.63, 3.8) is 0 Å². The highest BCUT2D eigenvalue weighted by Gasteiger charge is 2.25. The number of rotatable bonds is 4. The Labute approximate surface area is 98.0 Å². The fourth-order valence-corrected chi connectivity index (χ4v) is 2.42. The minimum absolute atomic E-state index is 0.166. The minimum Gasteiger partial charge on any atom is -0.306 e. The smallest absolute Gasteiger partial charge is 0.243 e. The second kappa shape index (κ2) is 5.23. The third-order valence-electron chi connectivity index (χ3n) is 2.62. The average molecular weight is 238 g/mol. The molecule has 1 unspecified atom stereocenters. The van der Waals surface area contributed by atoms with Crippen molar-refractivity contribution in [3.8, 4) is 0 Å². The van der Waals surface area contributed by atoms with Gasteiger partial charge in [-0.05, 0) is 41.8 Å². The van der Waals surface area contributed by atoms with Crippen LogP contribution < -0.4 is 10.6 Å². The molecule has 1 aliphatic heterocycles. The highest BCUT2D eigenvalue weighted by Crippen LogP contribution is 2.07. The van der Waals surface area contributed by atoms with Crippen molar-refractivity contribution in [1.82, 2.24) is 10.6 Å². The maximum Gasteiger partial charge on any atom is 0.243 e. The van der Waals surface area contributed by atoms with Crippen molar-refractivity contribution in [2.45, 2.75) is 25.3 Å². The number of hydrogen-bond acceptors (Lipinski definition) is 4. The molecule has 5 heteroatoms. The summed E-state index contributed by atoms with van der Waals surface area (Å²) in [5.41, 5.74) is 1.28. The molecule has 0 aromatic carbocycles. The predicted molar refractivity (Wildman–Crippen MR) is 62.2 cm³/mol. The molecular formula is C11H14N2O2S. The monoisotopic (exact) mass is 238 g/mol. The minimum atomic E-state index is -0.212. The van der Waals surface area contributed by atoms with Gasteiger partial charge in [-0.1, -0.05) is 0 Å². The van der Waals surface area contributed by atoms with E-state index in [0.29, 0.717) is 12.8 Å². The van der Waals surface area contributed by atoms with Gasteiger partial charge in [-0.15, -0.1) is 0 Å². The van der Waals surface area contributed by atoms with Crippen molar-refractivity contribution in [1.29, 1.82) is 0 Å². The predicted octanol–water partition coefficient (Wildman–Crippen LogP) is 0.685. The molecule has 0 radical (unpaired) electrons. The van der Waals surface area contributed by atoms with Crippen molar-refractivity contribution in [3.05, 3.63) is 22.4 Å². The van der Waals surface area contributed by atoms with Gasteiger partial charge in [0.2, 0.25) is 11.8 Å². The molecule has 1 saturated heterocycles. The van der Waals surface area contributed by atoms with Gasteiger partial charge in [-0.25, -0.2) is 0 Å². The summed E-state index contributed by atoms with van der Waals surface area (Å²) in [5, 5.41) is 9.65. The normalized spacial score (nSPS) is 20.9. The summed E-state index contributed by atoms with van der Waals surface area (Å²) in [6, 6.07) is 1.87. The standard InChI is InChI=1S/C11H14N2O2S/c14-10-2-1-9(11(15)13-10)12-5-3-8-4-6-16-7-8/h4,6-7,9,12H,1-3,5H2,(H,13,14,15). The van der Waals surface area contributed by atoms with Crippen molar-refractivity contribution < 1.29 is 9.59 Å². The Morgan fingerprint density at radius 1 is 1.50 bits per heavy atom. The number of piperidine rings is 1. The first kappa shape index (κ1) is 11.3. The van der Waals surface area contributed by atoms with Crippen LogP contribution >= 0.6 is 11.3 Å². The SMILES string of the molecule is O=C1CCC(NCCc2ccsc2)C(=O)N1. The lowest BCUT2D eigenvalue weighted by atomic mass is 10.1. The molecule has 1 aliphatic rings. The number of nitrogens with one attached hydrogen (secondary N) is 2. The molecule has 1 aromatic heterocycles. The van der Waals surface area contributed by atoms with Gasteiger partial charge in [0.1, 0.15) is 0 Å². The van der Waals surface area contributed by atoms with Crippen LogP contribution in [-0.2, 0) is 16.0 Å². The van der Waals surface area contributed by atoms with Gasteiger partial charge in [0.05, 0.1) is 6.04 Å². The molecule has 2 N–H and O–H groups in total. The Kier molecular flexibility index (Phi) is 3.69. The second-order valence-corrected chi connectivity index (χ2v) is 4.62. The fourth-order valence-electron chi connectivity index (χ4n) is 1.71. The lowest BCUT2D eigenvalue weighted by Crippen LogP contribution is -2.51. The topological polar surface area (TPSA) is 58.2 Å². The van der Waals surface area contributed by atoms with Crippen LogP contribution in [0.4, 0.5) is 0 Å². The molecule has 2 amide bonds. The number of carbonyl (C=O) groups is 2. The summed E-state index contributed by atoms with van der Waals surface area (Å²) >= 11 is 1.67. The Morgan fingerprint density at radius 3 is 3.06 bits per heavy atom. The zero-order chi connectivity index (χ0) is 11.4. The largest absolute Gasteiger partial charge is 0.306 e. The van der Waals surface area contributed by atoms with Crippen molar-refractivity contribution >= 4 is 23.2 Å². The van der Waals surface area contributed by atoms with Gasteiger partial charge in [0, 0.05) is 6.42 Å². The molecule has 16 heavy (non-hydrogen) atoms. The van der Waals surface area contributed by atoms with Crippen LogP contribution in [0.5, 0.6) is 0 Å². The van der Waals surface area contributed by atoms with E-state index in [-0.39, 0.29) is 17.9 Å². The average Bonchev–Trinajstić information content (AvgIpc) is 2.74. The molecule has 1 aromatic rings. The molecule has 4 nitrogen and oxygen atoms in total. The van der Waals surface area contributed by atoms with Crippen LogP contribution in [0.25, 0.3) is 0 Å². The lowest BCUT2D eigenvalue weighted by molar-refractivity contribution is -0.134. The molecule has 0 saturated carbocycles. The van der Waals surface area contributed by atoms with E-state index >= 15 is 0 Å². The van der Waals surface area contributed by atoms with E-state index in [1.807, 2.05) is 5.38 Å². The van der Waals surface area contributed by atoms with Crippen LogP contribution in [0.15, 0.2) is 16.8 Å². The quantitative estimate of drug-likeness (QED) is 0.759. The molecule has 0 spiro atoms. The fraction of sp³-hybridized carbons (Fsp3) is 0.455. The summed E-state index contributed by atoms with van der Waals surface area (Å²) in [4.78, 5) is 22.3. The third-order valence-corrected chi connectivity index (χ3v) is 3.36.